The highest BCUT2D eigenvalue weighted by Gasteiger charge is 2.26. The molecular weight excluding hydrogens is 437 g/mol. The summed E-state index contributed by atoms with van der Waals surface area (Å²) in [5.41, 5.74) is 2.10. The molecule has 1 atom stereocenters. The fourth-order valence-electron chi connectivity index (χ4n) is 2.85. The summed E-state index contributed by atoms with van der Waals surface area (Å²) < 4.78 is 6.29. The van der Waals surface area contributed by atoms with Crippen molar-refractivity contribution in [2.45, 2.75) is 18.9 Å². The third-order valence-corrected chi connectivity index (χ3v) is 5.16. The summed E-state index contributed by atoms with van der Waals surface area (Å²) in [7, 11) is 1.64. The van der Waals surface area contributed by atoms with Crippen LogP contribution < -0.4 is 4.74 Å². The number of methoxy groups -OCH3 is 1. The number of rotatable bonds is 9. The highest BCUT2D eigenvalue weighted by molar-refractivity contribution is 14.1. The zero-order chi connectivity index (χ0) is 18.9. The number of carbonyl (C=O) groups is 1. The van der Waals surface area contributed by atoms with Gasteiger partial charge in [-0.05, 0) is 58.3 Å². The molecule has 0 saturated heterocycles. The topological polar surface area (TPSA) is 29.5 Å². The Morgan fingerprint density at radius 2 is 1.85 bits per heavy atom. The van der Waals surface area contributed by atoms with Gasteiger partial charge in [0.1, 0.15) is 5.75 Å². The molecule has 0 aliphatic heterocycles. The van der Waals surface area contributed by atoms with E-state index in [1.807, 2.05) is 59.5 Å². The Labute approximate surface area is 169 Å². The first-order chi connectivity index (χ1) is 12.6. The molecule has 0 aromatic heterocycles. The van der Waals surface area contributed by atoms with Gasteiger partial charge in [0.05, 0.1) is 13.0 Å². The van der Waals surface area contributed by atoms with Gasteiger partial charge in [0.25, 0.3) is 0 Å². The number of hydrogen-bond acceptors (Lipinski definition) is 2. The van der Waals surface area contributed by atoms with Crippen LogP contribution >= 0.6 is 22.6 Å². The van der Waals surface area contributed by atoms with Gasteiger partial charge >= 0.3 is 0 Å². The summed E-state index contributed by atoms with van der Waals surface area (Å²) in [6, 6.07) is 15.8. The summed E-state index contributed by atoms with van der Waals surface area (Å²) >= 11 is 2.29. The molecule has 0 unspecified atom stereocenters. The minimum Gasteiger partial charge on any atom is -0.497 e. The minimum absolute atomic E-state index is 0.0877. The highest BCUT2D eigenvalue weighted by atomic mass is 127. The van der Waals surface area contributed by atoms with Crippen LogP contribution in [0.1, 0.15) is 23.5 Å². The number of nitrogens with zero attached hydrogens (tertiary/aromatic N) is 1. The number of halogens is 1. The Hall–Kier alpha value is -2.08. The summed E-state index contributed by atoms with van der Waals surface area (Å²) in [5, 5.41) is 0. The number of allylic oxidation sites excluding steroid dienone is 1. The number of carbonyl (C=O) groups excluding carboxylic acids is 1. The monoisotopic (exact) mass is 461 g/mol. The highest BCUT2D eigenvalue weighted by Crippen LogP contribution is 2.28. The van der Waals surface area contributed by atoms with Crippen molar-refractivity contribution in [3.05, 3.63) is 88.5 Å². The summed E-state index contributed by atoms with van der Waals surface area (Å²) in [6.07, 6.45) is 4.18. The summed E-state index contributed by atoms with van der Waals surface area (Å²) in [5.74, 6) is 0.655. The van der Waals surface area contributed by atoms with Gasteiger partial charge < -0.3 is 9.64 Å². The van der Waals surface area contributed by atoms with Gasteiger partial charge in [-0.1, -0.05) is 42.5 Å². The van der Waals surface area contributed by atoms with E-state index in [9.17, 15) is 4.79 Å². The Morgan fingerprint density at radius 1 is 1.15 bits per heavy atom. The van der Waals surface area contributed by atoms with Crippen LogP contribution in [0.5, 0.6) is 5.75 Å². The quantitative estimate of drug-likeness (QED) is 0.381. The zero-order valence-corrected chi connectivity index (χ0v) is 17.2. The lowest BCUT2D eigenvalue weighted by molar-refractivity contribution is -0.132. The van der Waals surface area contributed by atoms with E-state index in [4.69, 9.17) is 4.74 Å². The minimum atomic E-state index is -0.237. The zero-order valence-electron chi connectivity index (χ0n) is 15.0. The van der Waals surface area contributed by atoms with Crippen molar-refractivity contribution in [1.82, 2.24) is 4.90 Å². The molecule has 0 N–H and O–H groups in total. The van der Waals surface area contributed by atoms with E-state index in [0.717, 1.165) is 20.4 Å². The maximum Gasteiger partial charge on any atom is 0.231 e. The van der Waals surface area contributed by atoms with Crippen molar-refractivity contribution < 1.29 is 9.53 Å². The molecule has 0 heterocycles. The Morgan fingerprint density at radius 3 is 2.42 bits per heavy atom. The van der Waals surface area contributed by atoms with E-state index in [1.54, 1.807) is 13.2 Å². The molecule has 0 radical (unpaired) electrons. The number of benzene rings is 2. The first-order valence-electron chi connectivity index (χ1n) is 8.48. The fraction of sp³-hybridized carbons (Fsp3) is 0.227. The molecule has 0 aliphatic carbocycles. The largest absolute Gasteiger partial charge is 0.497 e. The first-order valence-corrected chi connectivity index (χ1v) is 9.56. The Bertz CT molecular complexity index is 755. The van der Waals surface area contributed by atoms with E-state index < -0.39 is 0 Å². The second kappa shape index (κ2) is 10.2. The first kappa shape index (κ1) is 20.2. The fourth-order valence-corrected chi connectivity index (χ4v) is 3.61. The van der Waals surface area contributed by atoms with Gasteiger partial charge in [-0.3, -0.25) is 4.79 Å². The number of hydrogen-bond donors (Lipinski definition) is 0. The maximum absolute atomic E-state index is 13.3. The van der Waals surface area contributed by atoms with Gasteiger partial charge in [0, 0.05) is 16.7 Å². The summed E-state index contributed by atoms with van der Waals surface area (Å²) in [4.78, 5) is 15.1. The molecule has 0 spiro atoms. The molecule has 4 heteroatoms. The second-order valence-electron chi connectivity index (χ2n) is 5.95. The van der Waals surface area contributed by atoms with Gasteiger partial charge in [0.15, 0.2) is 0 Å². The molecule has 26 heavy (non-hydrogen) atoms. The number of ether oxygens (including phenoxy) is 1. The van der Waals surface area contributed by atoms with Crippen LogP contribution in [0, 0.1) is 3.57 Å². The van der Waals surface area contributed by atoms with Crippen molar-refractivity contribution in [3.8, 4) is 5.75 Å². The average Bonchev–Trinajstić information content (AvgIpc) is 2.66. The van der Waals surface area contributed by atoms with Gasteiger partial charge in [-0.2, -0.15) is 0 Å². The lowest BCUT2D eigenvalue weighted by Gasteiger charge is -2.27. The number of amides is 1. The van der Waals surface area contributed by atoms with Crippen molar-refractivity contribution in [3.63, 3.8) is 0 Å². The molecule has 0 aliphatic rings. The standard InChI is InChI=1S/C22H24INO2/c1-4-8-20(19-9-6-7-10-21(19)23)22(25)24(15-5-2)16-17-11-13-18(26-3)14-12-17/h4-7,9-14,20H,1-2,8,15-16H2,3H3/t20-/m0/s1. The maximum atomic E-state index is 13.3. The van der Waals surface area contributed by atoms with E-state index in [2.05, 4.69) is 35.7 Å². The molecular formula is C22H24INO2. The second-order valence-corrected chi connectivity index (χ2v) is 7.12. The normalized spacial score (nSPS) is 11.5. The van der Waals surface area contributed by atoms with E-state index in [-0.39, 0.29) is 11.8 Å². The molecule has 2 aromatic rings. The third-order valence-electron chi connectivity index (χ3n) is 4.17. The Kier molecular flexibility index (Phi) is 7.91. The van der Waals surface area contributed by atoms with E-state index >= 15 is 0 Å². The van der Waals surface area contributed by atoms with Crippen LogP contribution in [-0.2, 0) is 11.3 Å². The Balaban J connectivity index is 2.27. The third kappa shape index (κ3) is 5.21. The van der Waals surface area contributed by atoms with Crippen molar-refractivity contribution in [1.29, 1.82) is 0 Å². The molecule has 0 fully saturated rings. The van der Waals surface area contributed by atoms with E-state index in [0.29, 0.717) is 19.5 Å². The van der Waals surface area contributed by atoms with Crippen molar-refractivity contribution in [2.24, 2.45) is 0 Å². The molecule has 0 saturated carbocycles. The van der Waals surface area contributed by atoms with Crippen LogP contribution in [0.15, 0.2) is 73.8 Å². The lowest BCUT2D eigenvalue weighted by Crippen LogP contribution is -2.35. The lowest BCUT2D eigenvalue weighted by atomic mass is 9.94. The summed E-state index contributed by atoms with van der Waals surface area (Å²) in [6.45, 7) is 8.69. The average molecular weight is 461 g/mol. The van der Waals surface area contributed by atoms with Crippen LogP contribution in [0.25, 0.3) is 0 Å². The molecule has 0 bridgehead atoms. The van der Waals surface area contributed by atoms with Crippen LogP contribution in [0.4, 0.5) is 0 Å². The SMILES string of the molecule is C=CC[C@H](C(=O)N(CC=C)Cc1ccc(OC)cc1)c1ccccc1I. The van der Waals surface area contributed by atoms with Crippen LogP contribution in [0.2, 0.25) is 0 Å². The molecule has 136 valence electrons. The van der Waals surface area contributed by atoms with Crippen LogP contribution in [-0.4, -0.2) is 24.5 Å². The molecule has 2 rings (SSSR count). The van der Waals surface area contributed by atoms with E-state index in [1.165, 1.54) is 0 Å². The predicted molar refractivity (Wildman–Crippen MR) is 115 cm³/mol. The molecule has 1 amide bonds. The molecule has 2 aromatic carbocycles. The van der Waals surface area contributed by atoms with Crippen molar-refractivity contribution >= 4 is 28.5 Å². The smallest absolute Gasteiger partial charge is 0.231 e. The molecule has 3 nitrogen and oxygen atoms in total. The van der Waals surface area contributed by atoms with Gasteiger partial charge in [-0.25, -0.2) is 0 Å². The van der Waals surface area contributed by atoms with Gasteiger partial charge in [0.2, 0.25) is 5.91 Å². The van der Waals surface area contributed by atoms with Gasteiger partial charge in [-0.15, -0.1) is 13.2 Å². The van der Waals surface area contributed by atoms with Crippen molar-refractivity contribution in [2.75, 3.05) is 13.7 Å². The van der Waals surface area contributed by atoms with Crippen LogP contribution in [0.3, 0.4) is 0 Å². The predicted octanol–water partition coefficient (Wildman–Crippen LogP) is 5.17.